The van der Waals surface area contributed by atoms with Crippen LogP contribution in [0.15, 0.2) is 24.3 Å². The molecule has 14 heteroatoms. The predicted octanol–water partition coefficient (Wildman–Crippen LogP) is -2.87. The molecule has 8 N–H and O–H groups in total. The van der Waals surface area contributed by atoms with Gasteiger partial charge in [-0.2, -0.15) is 0 Å². The first-order chi connectivity index (χ1) is 17.4. The second-order valence-corrected chi connectivity index (χ2v) is 8.84. The van der Waals surface area contributed by atoms with Crippen molar-refractivity contribution in [2.24, 2.45) is 0 Å². The molecule has 1 aliphatic heterocycles. The van der Waals surface area contributed by atoms with Gasteiger partial charge in [0.15, 0.2) is 17.1 Å². The number of aliphatic carboxylic acids is 1. The third-order valence-corrected chi connectivity index (χ3v) is 6.22. The van der Waals surface area contributed by atoms with Crippen molar-refractivity contribution in [3.8, 4) is 11.5 Å². The Balaban J connectivity index is 1.68. The normalized spacial score (nSPS) is 36.2. The van der Waals surface area contributed by atoms with Gasteiger partial charge >= 0.3 is 11.9 Å². The molecule has 9 atom stereocenters. The van der Waals surface area contributed by atoms with Crippen molar-refractivity contribution in [1.29, 1.82) is 0 Å². The van der Waals surface area contributed by atoms with Crippen LogP contribution in [0.5, 0.6) is 11.5 Å². The van der Waals surface area contributed by atoms with Crippen LogP contribution in [0.25, 0.3) is 6.08 Å². The van der Waals surface area contributed by atoms with E-state index in [-0.39, 0.29) is 11.5 Å². The van der Waals surface area contributed by atoms with E-state index in [4.69, 9.17) is 24.1 Å². The predicted molar refractivity (Wildman–Crippen MR) is 120 cm³/mol. The third-order valence-electron chi connectivity index (χ3n) is 6.22. The Kier molecular flexibility index (Phi) is 9.09. The van der Waals surface area contributed by atoms with Crippen LogP contribution >= 0.6 is 0 Å². The molecule has 1 saturated heterocycles. The standard InChI is InChI=1S/C23H30O14/c1-34-13-6-10(2-4-12(13)36-21-20(30)19(29)18(28)15(9-24)37-21)3-5-16(26)35-14-8-23(33,22(31)32)7-11(25)17(14)27/h2-6,11,14-15,17-21,24-25,27-30,33H,7-9H2,1H3,(H,31,32)/t11-,14+,15-,17+,18-,19+,20-,21-,23+/m1/s1. The van der Waals surface area contributed by atoms with E-state index in [0.29, 0.717) is 5.56 Å². The van der Waals surface area contributed by atoms with Crippen LogP contribution < -0.4 is 9.47 Å². The molecule has 206 valence electrons. The molecule has 1 aromatic carbocycles. The Morgan fingerprint density at radius 1 is 1.05 bits per heavy atom. The van der Waals surface area contributed by atoms with Crippen molar-refractivity contribution >= 4 is 18.0 Å². The summed E-state index contributed by atoms with van der Waals surface area (Å²) in [5.74, 6) is -2.40. The minimum Gasteiger partial charge on any atom is -0.493 e. The zero-order valence-corrected chi connectivity index (χ0v) is 19.7. The van der Waals surface area contributed by atoms with E-state index < -0.39 is 86.0 Å². The Labute approximate surface area is 210 Å². The first-order valence-electron chi connectivity index (χ1n) is 11.3. The largest absolute Gasteiger partial charge is 0.493 e. The summed E-state index contributed by atoms with van der Waals surface area (Å²) in [6, 6.07) is 4.32. The van der Waals surface area contributed by atoms with E-state index in [0.717, 1.165) is 6.08 Å². The number of esters is 1. The van der Waals surface area contributed by atoms with Gasteiger partial charge in [0.05, 0.1) is 19.8 Å². The van der Waals surface area contributed by atoms with Gasteiger partial charge in [0, 0.05) is 18.9 Å². The lowest BCUT2D eigenvalue weighted by Crippen LogP contribution is -2.60. The second-order valence-electron chi connectivity index (χ2n) is 8.84. The van der Waals surface area contributed by atoms with Gasteiger partial charge in [0.1, 0.15) is 36.6 Å². The monoisotopic (exact) mass is 530 g/mol. The molecule has 2 aliphatic rings. The van der Waals surface area contributed by atoms with Crippen molar-refractivity contribution in [3.63, 3.8) is 0 Å². The van der Waals surface area contributed by atoms with Crippen LogP contribution in [-0.4, -0.2) is 121 Å². The van der Waals surface area contributed by atoms with Gasteiger partial charge in [0.25, 0.3) is 0 Å². The topological polar surface area (TPSA) is 233 Å². The summed E-state index contributed by atoms with van der Waals surface area (Å²) in [6.45, 7) is -0.631. The molecular weight excluding hydrogens is 500 g/mol. The molecule has 37 heavy (non-hydrogen) atoms. The number of hydrogen-bond donors (Lipinski definition) is 8. The SMILES string of the molecule is COc1cc(C=CC(=O)O[C@H]2C[C@](O)(C(=O)O)C[C@@H](O)[C@@H]2O)ccc1O[C@@H]1O[C@H](CO)[C@@H](O)[C@H](O)[C@H]1O. The number of carboxylic acid groups (broad SMARTS) is 1. The van der Waals surface area contributed by atoms with Crippen molar-refractivity contribution < 1.29 is 69.4 Å². The molecule has 1 aliphatic carbocycles. The Hall–Kier alpha value is -2.82. The number of aliphatic hydroxyl groups is 7. The summed E-state index contributed by atoms with van der Waals surface area (Å²) in [6.07, 6.45) is -11.1. The van der Waals surface area contributed by atoms with Crippen molar-refractivity contribution in [1.82, 2.24) is 0 Å². The fraction of sp³-hybridized carbons (Fsp3) is 0.565. The van der Waals surface area contributed by atoms with Gasteiger partial charge < -0.3 is 59.8 Å². The minimum atomic E-state index is -2.36. The van der Waals surface area contributed by atoms with Gasteiger partial charge in [-0.15, -0.1) is 0 Å². The fourth-order valence-corrected chi connectivity index (χ4v) is 4.07. The second kappa shape index (κ2) is 11.7. The number of benzene rings is 1. The molecule has 2 fully saturated rings. The number of ether oxygens (including phenoxy) is 4. The molecule has 0 bridgehead atoms. The molecule has 1 saturated carbocycles. The van der Waals surface area contributed by atoms with E-state index in [1.165, 1.54) is 31.4 Å². The van der Waals surface area contributed by atoms with Gasteiger partial charge in [-0.1, -0.05) is 6.07 Å². The van der Waals surface area contributed by atoms with E-state index in [2.05, 4.69) is 0 Å². The molecule has 14 nitrogen and oxygen atoms in total. The summed E-state index contributed by atoms with van der Waals surface area (Å²) in [4.78, 5) is 23.5. The van der Waals surface area contributed by atoms with Gasteiger partial charge in [-0.3, -0.25) is 0 Å². The van der Waals surface area contributed by atoms with Crippen molar-refractivity contribution in [3.05, 3.63) is 29.8 Å². The average molecular weight is 530 g/mol. The molecule has 0 unspecified atom stereocenters. The zero-order chi connectivity index (χ0) is 27.5. The maximum absolute atomic E-state index is 12.3. The molecule has 3 rings (SSSR count). The highest BCUT2D eigenvalue weighted by Gasteiger charge is 2.50. The number of carboxylic acids is 1. The number of carbonyl (C=O) groups excluding carboxylic acids is 1. The fourth-order valence-electron chi connectivity index (χ4n) is 4.07. The first kappa shape index (κ1) is 28.7. The molecule has 1 heterocycles. The highest BCUT2D eigenvalue weighted by atomic mass is 16.7. The number of aliphatic hydroxyl groups excluding tert-OH is 6. The number of carbonyl (C=O) groups is 2. The molecular formula is C23H30O14. The van der Waals surface area contributed by atoms with Gasteiger partial charge in [-0.25, -0.2) is 9.59 Å². The summed E-state index contributed by atoms with van der Waals surface area (Å²) in [7, 11) is 1.32. The molecule has 0 aromatic heterocycles. The quantitative estimate of drug-likeness (QED) is 0.125. The van der Waals surface area contributed by atoms with Crippen LogP contribution in [0.3, 0.4) is 0 Å². The van der Waals surface area contributed by atoms with Crippen LogP contribution in [0, 0.1) is 0 Å². The Bertz CT molecular complexity index is 996. The lowest BCUT2D eigenvalue weighted by atomic mass is 9.79. The van der Waals surface area contributed by atoms with E-state index in [9.17, 15) is 45.3 Å². The summed E-state index contributed by atoms with van der Waals surface area (Å²) in [5.41, 5.74) is -1.96. The summed E-state index contributed by atoms with van der Waals surface area (Å²) >= 11 is 0. The number of methoxy groups -OCH3 is 1. The summed E-state index contributed by atoms with van der Waals surface area (Å²) in [5, 5.41) is 78.5. The maximum Gasteiger partial charge on any atom is 0.335 e. The molecule has 0 spiro atoms. The highest BCUT2D eigenvalue weighted by molar-refractivity contribution is 5.87. The molecule has 0 amide bonds. The minimum absolute atomic E-state index is 0.0684. The lowest BCUT2D eigenvalue weighted by molar-refractivity contribution is -0.277. The van der Waals surface area contributed by atoms with Crippen molar-refractivity contribution in [2.75, 3.05) is 13.7 Å². The van der Waals surface area contributed by atoms with Crippen LogP contribution in [-0.2, 0) is 19.1 Å². The Morgan fingerprint density at radius 3 is 2.38 bits per heavy atom. The molecule has 1 aromatic rings. The third kappa shape index (κ3) is 6.37. The van der Waals surface area contributed by atoms with Crippen molar-refractivity contribution in [2.45, 2.75) is 67.5 Å². The smallest absolute Gasteiger partial charge is 0.335 e. The Morgan fingerprint density at radius 2 is 1.76 bits per heavy atom. The van der Waals surface area contributed by atoms with E-state index in [1.807, 2.05) is 0 Å². The number of rotatable bonds is 8. The average Bonchev–Trinajstić information content (AvgIpc) is 2.86. The zero-order valence-electron chi connectivity index (χ0n) is 19.7. The van der Waals surface area contributed by atoms with E-state index in [1.54, 1.807) is 0 Å². The van der Waals surface area contributed by atoms with Crippen LogP contribution in [0.4, 0.5) is 0 Å². The molecule has 0 radical (unpaired) electrons. The van der Waals surface area contributed by atoms with Gasteiger partial charge in [0.2, 0.25) is 6.29 Å². The van der Waals surface area contributed by atoms with Crippen LogP contribution in [0.2, 0.25) is 0 Å². The first-order valence-corrected chi connectivity index (χ1v) is 11.3. The van der Waals surface area contributed by atoms with Crippen LogP contribution in [0.1, 0.15) is 18.4 Å². The number of hydrogen-bond acceptors (Lipinski definition) is 13. The lowest BCUT2D eigenvalue weighted by Gasteiger charge is -2.39. The maximum atomic E-state index is 12.3. The van der Waals surface area contributed by atoms with E-state index >= 15 is 0 Å². The summed E-state index contributed by atoms with van der Waals surface area (Å²) < 4.78 is 21.2. The van der Waals surface area contributed by atoms with Gasteiger partial charge in [-0.05, 0) is 23.8 Å². The highest BCUT2D eigenvalue weighted by Crippen LogP contribution is 2.33.